The highest BCUT2D eigenvalue weighted by Gasteiger charge is 2.30. The molecular weight excluding hydrogens is 311 g/mol. The molecule has 23 heavy (non-hydrogen) atoms. The van der Waals surface area contributed by atoms with Crippen molar-refractivity contribution in [1.82, 2.24) is 5.32 Å². The van der Waals surface area contributed by atoms with E-state index in [0.29, 0.717) is 19.3 Å². The van der Waals surface area contributed by atoms with E-state index in [0.717, 1.165) is 24.3 Å². The predicted molar refractivity (Wildman–Crippen MR) is 78.8 cm³/mol. The third-order valence-electron chi connectivity index (χ3n) is 3.17. The molecule has 0 aromatic heterocycles. The van der Waals surface area contributed by atoms with Gasteiger partial charge in [-0.25, -0.2) is 4.79 Å². The van der Waals surface area contributed by atoms with Crippen LogP contribution in [0.2, 0.25) is 0 Å². The number of nitrogens with one attached hydrogen (secondary N) is 1. The second kappa shape index (κ2) is 8.36. The zero-order chi connectivity index (χ0) is 17.5. The van der Waals surface area contributed by atoms with Crippen LogP contribution >= 0.6 is 0 Å². The van der Waals surface area contributed by atoms with Crippen LogP contribution in [0.4, 0.5) is 13.2 Å². The monoisotopic (exact) mass is 329 g/mol. The van der Waals surface area contributed by atoms with Gasteiger partial charge in [0.1, 0.15) is 6.04 Å². The lowest BCUT2D eigenvalue weighted by molar-refractivity contribution is -0.143. The molecule has 1 aromatic carbocycles. The largest absolute Gasteiger partial charge is 0.467 e. The fourth-order valence-corrected chi connectivity index (χ4v) is 1.91. The summed E-state index contributed by atoms with van der Waals surface area (Å²) in [5.74, 6) is -1.23. The third kappa shape index (κ3) is 5.77. The Morgan fingerprint density at radius 1 is 1.30 bits per heavy atom. The average Bonchev–Trinajstić information content (AvgIpc) is 2.52. The van der Waals surface area contributed by atoms with E-state index in [1.807, 2.05) is 0 Å². The van der Waals surface area contributed by atoms with Crippen LogP contribution in [-0.2, 0) is 15.7 Å². The maximum Gasteiger partial charge on any atom is 0.416 e. The number of alkyl halides is 3. The van der Waals surface area contributed by atoms with E-state index in [9.17, 15) is 22.8 Å². The Bertz CT molecular complexity index is 553. The zero-order valence-electron chi connectivity index (χ0n) is 12.7. The van der Waals surface area contributed by atoms with Gasteiger partial charge < -0.3 is 10.1 Å². The first kappa shape index (κ1) is 18.7. The molecular formula is C16H18F3NO3. The molecule has 0 heterocycles. The number of methoxy groups -OCH3 is 1. The Kier molecular flexibility index (Phi) is 6.81. The van der Waals surface area contributed by atoms with E-state index >= 15 is 0 Å². The lowest BCUT2D eigenvalue weighted by Gasteiger charge is -2.16. The molecule has 126 valence electrons. The van der Waals surface area contributed by atoms with Crippen molar-refractivity contribution in [2.45, 2.75) is 31.5 Å². The first-order valence-electron chi connectivity index (χ1n) is 6.96. The maximum atomic E-state index is 12.5. The molecule has 1 aromatic rings. The molecule has 1 N–H and O–H groups in total. The van der Waals surface area contributed by atoms with Gasteiger partial charge in [0.05, 0.1) is 12.7 Å². The number of halogens is 3. The first-order chi connectivity index (χ1) is 10.8. The van der Waals surface area contributed by atoms with Gasteiger partial charge in [-0.05, 0) is 43.5 Å². The summed E-state index contributed by atoms with van der Waals surface area (Å²) < 4.78 is 42.1. The van der Waals surface area contributed by atoms with Crippen molar-refractivity contribution in [2.24, 2.45) is 0 Å². The van der Waals surface area contributed by atoms with Crippen LogP contribution in [0, 0.1) is 0 Å². The van der Waals surface area contributed by atoms with Crippen LogP contribution in [0.3, 0.4) is 0 Å². The number of ether oxygens (including phenoxy) is 1. The first-order valence-corrected chi connectivity index (χ1v) is 6.96. The Balaban J connectivity index is 2.77. The smallest absolute Gasteiger partial charge is 0.416 e. The van der Waals surface area contributed by atoms with Crippen LogP contribution in [0.1, 0.15) is 35.2 Å². The standard InChI is InChI=1S/C16H18F3NO3/c1-3-4-5-6-13(15(22)23-2)20-14(21)11-7-9-12(10-8-11)16(17,18)19/h3,7-10,13H,1,4-6H2,2H3,(H,20,21)/t13-/m0/s1. The molecule has 1 atom stereocenters. The molecule has 0 bridgehead atoms. The number of carbonyl (C=O) groups excluding carboxylic acids is 2. The molecule has 0 unspecified atom stereocenters. The summed E-state index contributed by atoms with van der Waals surface area (Å²) in [6.07, 6.45) is -1.13. The number of rotatable bonds is 7. The van der Waals surface area contributed by atoms with Gasteiger partial charge in [-0.15, -0.1) is 6.58 Å². The summed E-state index contributed by atoms with van der Waals surface area (Å²) in [5.41, 5.74) is -0.805. The predicted octanol–water partition coefficient (Wildman–Crippen LogP) is 3.33. The Morgan fingerprint density at radius 2 is 1.91 bits per heavy atom. The van der Waals surface area contributed by atoms with Crippen molar-refractivity contribution in [2.75, 3.05) is 7.11 Å². The van der Waals surface area contributed by atoms with Gasteiger partial charge in [-0.2, -0.15) is 13.2 Å². The number of amides is 1. The molecule has 0 aliphatic heterocycles. The number of carbonyl (C=O) groups is 2. The molecule has 0 saturated heterocycles. The van der Waals surface area contributed by atoms with Crippen molar-refractivity contribution < 1.29 is 27.5 Å². The van der Waals surface area contributed by atoms with Gasteiger partial charge >= 0.3 is 12.1 Å². The average molecular weight is 329 g/mol. The Morgan fingerprint density at radius 3 is 2.39 bits per heavy atom. The fraction of sp³-hybridized carbons (Fsp3) is 0.375. The molecule has 1 rings (SSSR count). The second-order valence-electron chi connectivity index (χ2n) is 4.84. The molecule has 0 aliphatic rings. The van der Waals surface area contributed by atoms with Gasteiger partial charge in [0.25, 0.3) is 5.91 Å². The number of esters is 1. The maximum absolute atomic E-state index is 12.5. The van der Waals surface area contributed by atoms with Gasteiger partial charge in [0.2, 0.25) is 0 Å². The highest BCUT2D eigenvalue weighted by Crippen LogP contribution is 2.29. The molecule has 0 aliphatic carbocycles. The zero-order valence-corrected chi connectivity index (χ0v) is 12.7. The van der Waals surface area contributed by atoms with Crippen molar-refractivity contribution in [3.05, 3.63) is 48.0 Å². The van der Waals surface area contributed by atoms with Gasteiger partial charge in [0, 0.05) is 5.56 Å². The van der Waals surface area contributed by atoms with E-state index < -0.39 is 29.7 Å². The van der Waals surface area contributed by atoms with Gasteiger partial charge in [-0.1, -0.05) is 6.08 Å². The molecule has 0 spiro atoms. The second-order valence-corrected chi connectivity index (χ2v) is 4.84. The number of unbranched alkanes of at least 4 members (excludes halogenated alkanes) is 1. The summed E-state index contributed by atoms with van der Waals surface area (Å²) in [6, 6.07) is 2.92. The van der Waals surface area contributed by atoms with Crippen LogP contribution < -0.4 is 5.32 Å². The number of allylic oxidation sites excluding steroid dienone is 1. The van der Waals surface area contributed by atoms with Crippen LogP contribution in [-0.4, -0.2) is 25.0 Å². The van der Waals surface area contributed by atoms with Crippen LogP contribution in [0.15, 0.2) is 36.9 Å². The lowest BCUT2D eigenvalue weighted by atomic mass is 10.1. The molecule has 4 nitrogen and oxygen atoms in total. The highest BCUT2D eigenvalue weighted by molar-refractivity contribution is 5.96. The Labute approximate surface area is 132 Å². The summed E-state index contributed by atoms with van der Waals surface area (Å²) in [7, 11) is 1.20. The molecule has 0 saturated carbocycles. The van der Waals surface area contributed by atoms with Crippen LogP contribution in [0.25, 0.3) is 0 Å². The fourth-order valence-electron chi connectivity index (χ4n) is 1.91. The van der Waals surface area contributed by atoms with E-state index in [1.165, 1.54) is 7.11 Å². The Hall–Kier alpha value is -2.31. The van der Waals surface area contributed by atoms with E-state index in [2.05, 4.69) is 16.6 Å². The van der Waals surface area contributed by atoms with Crippen molar-refractivity contribution in [3.8, 4) is 0 Å². The minimum atomic E-state index is -4.46. The summed E-state index contributed by atoms with van der Waals surface area (Å²) in [6.45, 7) is 3.56. The molecule has 0 radical (unpaired) electrons. The summed E-state index contributed by atoms with van der Waals surface area (Å²) >= 11 is 0. The number of hydrogen-bond donors (Lipinski definition) is 1. The third-order valence-corrected chi connectivity index (χ3v) is 3.17. The normalized spacial score (nSPS) is 12.3. The highest BCUT2D eigenvalue weighted by atomic mass is 19.4. The van der Waals surface area contributed by atoms with E-state index in [4.69, 9.17) is 0 Å². The molecule has 7 heteroatoms. The molecule has 0 fully saturated rings. The van der Waals surface area contributed by atoms with E-state index in [1.54, 1.807) is 6.08 Å². The summed E-state index contributed by atoms with van der Waals surface area (Å²) in [5, 5.41) is 2.47. The van der Waals surface area contributed by atoms with Crippen molar-refractivity contribution >= 4 is 11.9 Å². The van der Waals surface area contributed by atoms with Crippen LogP contribution in [0.5, 0.6) is 0 Å². The summed E-state index contributed by atoms with van der Waals surface area (Å²) in [4.78, 5) is 23.7. The minimum absolute atomic E-state index is 0.0376. The quantitative estimate of drug-likeness (QED) is 0.474. The van der Waals surface area contributed by atoms with Gasteiger partial charge in [0.15, 0.2) is 0 Å². The van der Waals surface area contributed by atoms with Crippen molar-refractivity contribution in [1.29, 1.82) is 0 Å². The van der Waals surface area contributed by atoms with Gasteiger partial charge in [-0.3, -0.25) is 4.79 Å². The molecule has 1 amide bonds. The lowest BCUT2D eigenvalue weighted by Crippen LogP contribution is -2.41. The minimum Gasteiger partial charge on any atom is -0.467 e. The van der Waals surface area contributed by atoms with E-state index in [-0.39, 0.29) is 5.56 Å². The number of benzene rings is 1. The van der Waals surface area contributed by atoms with Crippen molar-refractivity contribution in [3.63, 3.8) is 0 Å². The topological polar surface area (TPSA) is 55.4 Å². The number of hydrogen-bond acceptors (Lipinski definition) is 3. The SMILES string of the molecule is C=CCCC[C@H](NC(=O)c1ccc(C(F)(F)F)cc1)C(=O)OC.